The van der Waals surface area contributed by atoms with Gasteiger partial charge in [0.2, 0.25) is 10.0 Å². The summed E-state index contributed by atoms with van der Waals surface area (Å²) in [5, 5.41) is 10.3. The van der Waals surface area contributed by atoms with Crippen LogP contribution in [0.15, 0.2) is 0 Å². The minimum Gasteiger partial charge on any atom is -0.475 e. The second-order valence-electron chi connectivity index (χ2n) is 4.07. The number of aliphatic carboxylic acids is 1. The maximum Gasteiger partial charge on any atom is 0.490 e. The molecule has 2 atom stereocenters. The molecule has 0 amide bonds. The molecule has 0 bridgehead atoms. The van der Waals surface area contributed by atoms with Crippen LogP contribution in [0, 0.1) is 0 Å². The lowest BCUT2D eigenvalue weighted by atomic mass is 10.1. The van der Waals surface area contributed by atoms with Gasteiger partial charge in [-0.25, -0.2) is 17.9 Å². The van der Waals surface area contributed by atoms with Crippen molar-refractivity contribution in [3.8, 4) is 0 Å². The highest BCUT2D eigenvalue weighted by Gasteiger charge is 2.38. The van der Waals surface area contributed by atoms with Gasteiger partial charge in [-0.2, -0.15) is 13.2 Å². The molecule has 1 fully saturated rings. The number of rotatable bonds is 3. The number of carboxylic acid groups (broad SMARTS) is 1. The first-order valence-electron chi connectivity index (χ1n) is 5.48. The summed E-state index contributed by atoms with van der Waals surface area (Å²) < 4.78 is 61.4. The molecule has 7 nitrogen and oxygen atoms in total. The van der Waals surface area contributed by atoms with Crippen LogP contribution in [0.5, 0.6) is 0 Å². The molecule has 0 aromatic rings. The molecule has 20 heavy (non-hydrogen) atoms. The minimum absolute atomic E-state index is 0.0662. The number of carboxylic acids is 1. The molecule has 0 unspecified atom stereocenters. The van der Waals surface area contributed by atoms with E-state index in [9.17, 15) is 21.6 Å². The molecule has 11 heteroatoms. The Morgan fingerprint density at radius 2 is 1.95 bits per heavy atom. The highest BCUT2D eigenvalue weighted by molar-refractivity contribution is 7.88. The predicted octanol–water partition coefficient (Wildman–Crippen LogP) is -0.454. The molecule has 0 radical (unpaired) electrons. The molecule has 0 aromatic heterocycles. The summed E-state index contributed by atoms with van der Waals surface area (Å²) in [7, 11) is -1.53. The van der Waals surface area contributed by atoms with Crippen LogP contribution in [0.4, 0.5) is 13.2 Å². The topological polar surface area (TPSA) is 105 Å². The Labute approximate surface area is 114 Å². The Morgan fingerprint density at radius 3 is 2.30 bits per heavy atom. The summed E-state index contributed by atoms with van der Waals surface area (Å²) >= 11 is 0. The maximum atomic E-state index is 11.0. The van der Waals surface area contributed by atoms with Gasteiger partial charge >= 0.3 is 12.1 Å². The van der Waals surface area contributed by atoms with Crippen molar-refractivity contribution in [2.75, 3.05) is 26.5 Å². The van der Waals surface area contributed by atoms with Crippen molar-refractivity contribution in [1.29, 1.82) is 0 Å². The lowest BCUT2D eigenvalue weighted by Crippen LogP contribution is -2.53. The molecule has 0 saturated carbocycles. The average molecular weight is 322 g/mol. The van der Waals surface area contributed by atoms with Crippen molar-refractivity contribution in [2.45, 2.75) is 24.7 Å². The van der Waals surface area contributed by atoms with E-state index in [1.807, 2.05) is 0 Å². The molecule has 0 spiro atoms. The Kier molecular flexibility index (Phi) is 7.41. The fourth-order valence-corrected chi connectivity index (χ4v) is 2.31. The van der Waals surface area contributed by atoms with Crippen LogP contribution < -0.4 is 10.0 Å². The molecule has 1 heterocycles. The molecular formula is C9H17F3N2O5S. The highest BCUT2D eigenvalue weighted by Crippen LogP contribution is 2.13. The van der Waals surface area contributed by atoms with Crippen LogP contribution >= 0.6 is 0 Å². The number of methoxy groups -OCH3 is 1. The van der Waals surface area contributed by atoms with Crippen LogP contribution in [0.3, 0.4) is 0 Å². The SMILES string of the molecule is CO[C@H]1CNCC[C@H]1NS(C)(=O)=O.O=C(O)C(F)(F)F. The zero-order chi connectivity index (χ0) is 16.0. The second-order valence-corrected chi connectivity index (χ2v) is 5.85. The normalized spacial score (nSPS) is 23.6. The Hall–Kier alpha value is -0.910. The van der Waals surface area contributed by atoms with E-state index < -0.39 is 22.2 Å². The number of hydrogen-bond acceptors (Lipinski definition) is 5. The molecule has 1 aliphatic heterocycles. The van der Waals surface area contributed by atoms with Crippen molar-refractivity contribution in [3.63, 3.8) is 0 Å². The first-order valence-corrected chi connectivity index (χ1v) is 7.37. The van der Waals surface area contributed by atoms with Gasteiger partial charge in [-0.3, -0.25) is 0 Å². The van der Waals surface area contributed by atoms with E-state index >= 15 is 0 Å². The Bertz CT molecular complexity index is 412. The summed E-state index contributed by atoms with van der Waals surface area (Å²) in [5.74, 6) is -2.76. The van der Waals surface area contributed by atoms with Gasteiger partial charge in [0.1, 0.15) is 0 Å². The van der Waals surface area contributed by atoms with Crippen molar-refractivity contribution < 1.29 is 36.2 Å². The first-order chi connectivity index (χ1) is 8.97. The Balaban J connectivity index is 0.000000441. The van der Waals surface area contributed by atoms with Crippen molar-refractivity contribution in [3.05, 3.63) is 0 Å². The quantitative estimate of drug-likeness (QED) is 0.650. The summed E-state index contributed by atoms with van der Waals surface area (Å²) in [6.45, 7) is 1.52. The lowest BCUT2D eigenvalue weighted by Gasteiger charge is -2.30. The van der Waals surface area contributed by atoms with Crippen LogP contribution in [-0.2, 0) is 19.6 Å². The number of hydrogen-bond donors (Lipinski definition) is 3. The molecule has 1 aliphatic rings. The molecule has 120 valence electrons. The average Bonchev–Trinajstić information content (AvgIpc) is 2.27. The third-order valence-electron chi connectivity index (χ3n) is 2.34. The summed E-state index contributed by atoms with van der Waals surface area (Å²) in [5.41, 5.74) is 0. The van der Waals surface area contributed by atoms with E-state index in [0.29, 0.717) is 6.54 Å². The second kappa shape index (κ2) is 7.76. The van der Waals surface area contributed by atoms with Crippen molar-refractivity contribution >= 4 is 16.0 Å². The summed E-state index contributed by atoms with van der Waals surface area (Å²) in [6, 6.07) is -0.0961. The molecule has 3 N–H and O–H groups in total. The lowest BCUT2D eigenvalue weighted by molar-refractivity contribution is -0.192. The van der Waals surface area contributed by atoms with Gasteiger partial charge in [0.25, 0.3) is 0 Å². The van der Waals surface area contributed by atoms with Crippen molar-refractivity contribution in [1.82, 2.24) is 10.0 Å². The van der Waals surface area contributed by atoms with Crippen LogP contribution in [0.25, 0.3) is 0 Å². The van der Waals surface area contributed by atoms with Crippen molar-refractivity contribution in [2.24, 2.45) is 0 Å². The van der Waals surface area contributed by atoms with Gasteiger partial charge in [0.05, 0.1) is 18.4 Å². The number of halogens is 3. The molecule has 1 saturated heterocycles. The minimum atomic E-state index is -5.08. The van der Waals surface area contributed by atoms with Gasteiger partial charge < -0.3 is 15.2 Å². The number of sulfonamides is 1. The van der Waals surface area contributed by atoms with E-state index in [1.165, 1.54) is 6.26 Å². The third-order valence-corrected chi connectivity index (χ3v) is 3.07. The van der Waals surface area contributed by atoms with E-state index in [4.69, 9.17) is 14.6 Å². The number of carbonyl (C=O) groups is 1. The van der Waals surface area contributed by atoms with Gasteiger partial charge in [-0.1, -0.05) is 0 Å². The largest absolute Gasteiger partial charge is 0.490 e. The van der Waals surface area contributed by atoms with E-state index in [-0.39, 0.29) is 12.1 Å². The van der Waals surface area contributed by atoms with Gasteiger partial charge in [0, 0.05) is 13.7 Å². The van der Waals surface area contributed by atoms with Gasteiger partial charge in [0.15, 0.2) is 0 Å². The maximum absolute atomic E-state index is 11.0. The van der Waals surface area contributed by atoms with E-state index in [2.05, 4.69) is 10.0 Å². The molecule has 1 rings (SSSR count). The number of nitrogens with one attached hydrogen (secondary N) is 2. The number of ether oxygens (including phenoxy) is 1. The molecule has 0 aliphatic carbocycles. The van der Waals surface area contributed by atoms with E-state index in [0.717, 1.165) is 13.0 Å². The fraction of sp³-hybridized carbons (Fsp3) is 0.889. The summed E-state index contributed by atoms with van der Waals surface area (Å²) in [6.07, 6.45) is -3.21. The predicted molar refractivity (Wildman–Crippen MR) is 63.7 cm³/mol. The summed E-state index contributed by atoms with van der Waals surface area (Å²) in [4.78, 5) is 8.90. The number of piperidine rings is 1. The van der Waals surface area contributed by atoms with Gasteiger partial charge in [-0.05, 0) is 13.0 Å². The third kappa shape index (κ3) is 8.30. The van der Waals surface area contributed by atoms with Gasteiger partial charge in [-0.15, -0.1) is 0 Å². The van der Waals surface area contributed by atoms with Crippen LogP contribution in [-0.4, -0.2) is 64.3 Å². The zero-order valence-electron chi connectivity index (χ0n) is 10.9. The number of alkyl halides is 3. The monoisotopic (exact) mass is 322 g/mol. The zero-order valence-corrected chi connectivity index (χ0v) is 11.7. The smallest absolute Gasteiger partial charge is 0.475 e. The van der Waals surface area contributed by atoms with Crippen LogP contribution in [0.2, 0.25) is 0 Å². The fourth-order valence-electron chi connectivity index (χ4n) is 1.49. The first kappa shape index (κ1) is 19.1. The van der Waals surface area contributed by atoms with E-state index in [1.54, 1.807) is 7.11 Å². The Morgan fingerprint density at radius 1 is 1.45 bits per heavy atom. The molecule has 0 aromatic carbocycles. The molecular weight excluding hydrogens is 305 g/mol. The highest BCUT2D eigenvalue weighted by atomic mass is 32.2. The van der Waals surface area contributed by atoms with Crippen LogP contribution in [0.1, 0.15) is 6.42 Å². The standard InChI is InChI=1S/C7H16N2O3S.C2HF3O2/c1-12-7-5-8-4-3-6(7)9-13(2,10)11;3-2(4,5)1(6)7/h6-9H,3-5H2,1-2H3;(H,6,7)/t6-,7+;/m1./s1.